The topological polar surface area (TPSA) is 92.0 Å². The van der Waals surface area contributed by atoms with Crippen molar-refractivity contribution in [3.05, 3.63) is 78.0 Å². The molecule has 0 saturated carbocycles. The molecule has 132 valence electrons. The summed E-state index contributed by atoms with van der Waals surface area (Å²) < 4.78 is 15.8. The second kappa shape index (κ2) is 6.77. The van der Waals surface area contributed by atoms with Crippen LogP contribution in [0.3, 0.4) is 0 Å². The number of hydrogen-bond acceptors (Lipinski definition) is 5. The van der Waals surface area contributed by atoms with Crippen LogP contribution in [-0.4, -0.2) is 14.4 Å². The van der Waals surface area contributed by atoms with Crippen LogP contribution in [0.1, 0.15) is 11.1 Å². The molecule has 0 unspecified atom stereocenters. The highest BCUT2D eigenvalue weighted by Gasteiger charge is 2.14. The molecule has 7 heteroatoms. The third-order valence-corrected chi connectivity index (χ3v) is 4.29. The van der Waals surface area contributed by atoms with Crippen LogP contribution >= 0.6 is 0 Å². The fourth-order valence-electron chi connectivity index (χ4n) is 3.10. The molecule has 27 heavy (non-hydrogen) atoms. The Bertz CT molecular complexity index is 1170. The second-order valence-electron chi connectivity index (χ2n) is 5.97. The molecular weight excluding hydrogens is 343 g/mol. The number of nitrogen functional groups attached to an aromatic ring is 1. The number of benzene rings is 1. The van der Waals surface area contributed by atoms with E-state index < -0.39 is 0 Å². The molecule has 6 nitrogen and oxygen atoms in total. The normalized spacial score (nSPS) is 10.7. The van der Waals surface area contributed by atoms with Crippen molar-refractivity contribution in [2.45, 2.75) is 6.54 Å². The average molecular weight is 358 g/mol. The van der Waals surface area contributed by atoms with Gasteiger partial charge < -0.3 is 15.5 Å². The lowest BCUT2D eigenvalue weighted by Crippen LogP contribution is -2.07. The Kier molecular flexibility index (Phi) is 4.15. The molecule has 0 fully saturated rings. The quantitative estimate of drug-likeness (QED) is 0.581. The number of anilines is 2. The summed E-state index contributed by atoms with van der Waals surface area (Å²) in [6, 6.07) is 16.3. The highest BCUT2D eigenvalue weighted by molar-refractivity contribution is 5.72. The molecule has 0 spiro atoms. The number of hydrogen-bond donors (Lipinski definition) is 2. The van der Waals surface area contributed by atoms with Gasteiger partial charge in [-0.05, 0) is 35.9 Å². The number of halogens is 1. The van der Waals surface area contributed by atoms with Crippen LogP contribution in [0.5, 0.6) is 0 Å². The standard InChI is InChI=1S/C20H15FN6/c21-15-5-3-4-13(8-15)18-14(9-16-6-1-2-7-27(16)18)11-24-20-17(10-22)19(23)25-12-26-20/h1-9,12H,11H2,(H3,23,24,25,26). The number of fused-ring (bicyclic) bond motifs is 1. The van der Waals surface area contributed by atoms with E-state index in [9.17, 15) is 9.65 Å². The van der Waals surface area contributed by atoms with Crippen LogP contribution in [0.15, 0.2) is 61.1 Å². The minimum absolute atomic E-state index is 0.127. The Morgan fingerprint density at radius 2 is 2.04 bits per heavy atom. The number of nitrogens with one attached hydrogen (secondary N) is 1. The number of nitrogens with zero attached hydrogens (tertiary/aromatic N) is 4. The second-order valence-corrected chi connectivity index (χ2v) is 5.97. The Hall–Kier alpha value is -3.92. The number of rotatable bonds is 4. The molecule has 0 aliphatic carbocycles. The zero-order chi connectivity index (χ0) is 18.8. The summed E-state index contributed by atoms with van der Waals surface area (Å²) >= 11 is 0. The molecule has 0 atom stereocenters. The first kappa shape index (κ1) is 16.5. The van der Waals surface area contributed by atoms with Gasteiger partial charge in [0.1, 0.15) is 35.4 Å². The molecule has 0 aliphatic rings. The average Bonchev–Trinajstić information content (AvgIpc) is 3.04. The van der Waals surface area contributed by atoms with Gasteiger partial charge in [0.05, 0.1) is 5.69 Å². The minimum Gasteiger partial charge on any atom is -0.382 e. The fourth-order valence-corrected chi connectivity index (χ4v) is 3.10. The largest absolute Gasteiger partial charge is 0.382 e. The summed E-state index contributed by atoms with van der Waals surface area (Å²) in [5, 5.41) is 12.4. The van der Waals surface area contributed by atoms with Crippen molar-refractivity contribution in [2.24, 2.45) is 0 Å². The monoisotopic (exact) mass is 358 g/mol. The van der Waals surface area contributed by atoms with E-state index >= 15 is 0 Å². The van der Waals surface area contributed by atoms with Gasteiger partial charge >= 0.3 is 0 Å². The van der Waals surface area contributed by atoms with Crippen LogP contribution in [0.25, 0.3) is 16.8 Å². The summed E-state index contributed by atoms with van der Waals surface area (Å²) in [7, 11) is 0. The van der Waals surface area contributed by atoms with Gasteiger partial charge in [-0.15, -0.1) is 0 Å². The molecule has 3 aromatic heterocycles. The van der Waals surface area contributed by atoms with Crippen molar-refractivity contribution in [3.63, 3.8) is 0 Å². The van der Waals surface area contributed by atoms with Crippen LogP contribution in [-0.2, 0) is 6.54 Å². The van der Waals surface area contributed by atoms with Gasteiger partial charge in [0.15, 0.2) is 0 Å². The molecule has 4 rings (SSSR count). The Balaban J connectivity index is 1.78. The summed E-state index contributed by atoms with van der Waals surface area (Å²) in [5.41, 5.74) is 9.50. The molecule has 0 radical (unpaired) electrons. The van der Waals surface area contributed by atoms with Crippen molar-refractivity contribution >= 4 is 17.2 Å². The smallest absolute Gasteiger partial charge is 0.149 e. The predicted molar refractivity (Wildman–Crippen MR) is 101 cm³/mol. The predicted octanol–water partition coefficient (Wildman–Crippen LogP) is 3.60. The number of aromatic nitrogens is 3. The highest BCUT2D eigenvalue weighted by atomic mass is 19.1. The van der Waals surface area contributed by atoms with E-state index in [-0.39, 0.29) is 17.2 Å². The molecule has 1 aromatic carbocycles. The van der Waals surface area contributed by atoms with Gasteiger partial charge in [0.2, 0.25) is 0 Å². The van der Waals surface area contributed by atoms with Gasteiger partial charge in [-0.1, -0.05) is 18.2 Å². The molecule has 4 aromatic rings. The lowest BCUT2D eigenvalue weighted by molar-refractivity contribution is 0.628. The Morgan fingerprint density at radius 3 is 2.85 bits per heavy atom. The molecular formula is C20H15FN6. The van der Waals surface area contributed by atoms with E-state index in [1.807, 2.05) is 47.0 Å². The summed E-state index contributed by atoms with van der Waals surface area (Å²) in [4.78, 5) is 7.94. The first-order chi connectivity index (χ1) is 13.2. The van der Waals surface area contributed by atoms with Crippen molar-refractivity contribution in [3.8, 4) is 17.3 Å². The maximum atomic E-state index is 13.8. The van der Waals surface area contributed by atoms with Gasteiger partial charge in [0.25, 0.3) is 0 Å². The van der Waals surface area contributed by atoms with Gasteiger partial charge in [0, 0.05) is 23.8 Å². The van der Waals surface area contributed by atoms with Crippen LogP contribution in [0.4, 0.5) is 16.0 Å². The van der Waals surface area contributed by atoms with Crippen LogP contribution in [0, 0.1) is 17.1 Å². The highest BCUT2D eigenvalue weighted by Crippen LogP contribution is 2.29. The molecule has 0 amide bonds. The van der Waals surface area contributed by atoms with E-state index in [2.05, 4.69) is 15.3 Å². The third kappa shape index (κ3) is 3.04. The number of nitrogens with two attached hydrogens (primary N) is 1. The van der Waals surface area contributed by atoms with Gasteiger partial charge in [-0.2, -0.15) is 5.26 Å². The molecule has 0 aliphatic heterocycles. The molecule has 3 heterocycles. The SMILES string of the molecule is N#Cc1c(N)ncnc1NCc1cc2ccccn2c1-c1cccc(F)c1. The Morgan fingerprint density at radius 1 is 1.15 bits per heavy atom. The molecule has 0 saturated heterocycles. The summed E-state index contributed by atoms with van der Waals surface area (Å²) in [5.74, 6) is 0.195. The zero-order valence-corrected chi connectivity index (χ0v) is 14.2. The van der Waals surface area contributed by atoms with Crippen molar-refractivity contribution in [1.29, 1.82) is 5.26 Å². The van der Waals surface area contributed by atoms with Crippen molar-refractivity contribution in [2.75, 3.05) is 11.1 Å². The summed E-state index contributed by atoms with van der Waals surface area (Å²) in [6.45, 7) is 0.388. The minimum atomic E-state index is -0.298. The maximum absolute atomic E-state index is 13.8. The number of pyridine rings is 1. The fraction of sp³-hybridized carbons (Fsp3) is 0.0500. The van der Waals surface area contributed by atoms with Crippen LogP contribution in [0.2, 0.25) is 0 Å². The van der Waals surface area contributed by atoms with E-state index in [0.29, 0.717) is 12.4 Å². The van der Waals surface area contributed by atoms with E-state index in [1.54, 1.807) is 6.07 Å². The first-order valence-electron chi connectivity index (χ1n) is 8.26. The summed E-state index contributed by atoms with van der Waals surface area (Å²) in [6.07, 6.45) is 3.24. The van der Waals surface area contributed by atoms with Crippen molar-refractivity contribution < 1.29 is 4.39 Å². The van der Waals surface area contributed by atoms with E-state index in [1.165, 1.54) is 18.5 Å². The lowest BCUT2D eigenvalue weighted by Gasteiger charge is -2.10. The molecule has 3 N–H and O–H groups in total. The van der Waals surface area contributed by atoms with E-state index in [4.69, 9.17) is 5.73 Å². The maximum Gasteiger partial charge on any atom is 0.149 e. The van der Waals surface area contributed by atoms with E-state index in [0.717, 1.165) is 22.3 Å². The zero-order valence-electron chi connectivity index (χ0n) is 14.2. The Labute approximate surface area is 154 Å². The lowest BCUT2D eigenvalue weighted by atomic mass is 10.1. The van der Waals surface area contributed by atoms with Crippen LogP contribution < -0.4 is 11.1 Å². The van der Waals surface area contributed by atoms with Crippen molar-refractivity contribution in [1.82, 2.24) is 14.4 Å². The van der Waals surface area contributed by atoms with Gasteiger partial charge in [-0.25, -0.2) is 14.4 Å². The third-order valence-electron chi connectivity index (χ3n) is 4.29. The molecule has 0 bridgehead atoms. The van der Waals surface area contributed by atoms with Gasteiger partial charge in [-0.3, -0.25) is 0 Å². The number of nitriles is 1. The first-order valence-corrected chi connectivity index (χ1v) is 8.26.